The topological polar surface area (TPSA) is 220 Å². The van der Waals surface area contributed by atoms with Gasteiger partial charge in [-0.05, 0) is 113 Å². The number of amides is 5. The zero-order valence-electron chi connectivity index (χ0n) is 39.9. The summed E-state index contributed by atoms with van der Waals surface area (Å²) >= 11 is 0. The Morgan fingerprint density at radius 1 is 0.814 bits per heavy atom. The number of aryl methyl sites for hydroxylation is 1. The van der Waals surface area contributed by atoms with Crippen molar-refractivity contribution in [2.75, 3.05) is 56.4 Å². The van der Waals surface area contributed by atoms with E-state index in [0.29, 0.717) is 82.7 Å². The summed E-state index contributed by atoms with van der Waals surface area (Å²) in [6.07, 6.45) is 11.0. The third kappa shape index (κ3) is 8.42. The van der Waals surface area contributed by atoms with Gasteiger partial charge in [-0.25, -0.2) is 23.8 Å². The number of hydrogen-bond donors (Lipinski definition) is 2. The number of nitrogens with zero attached hydrogens (tertiary/aromatic N) is 12. The minimum absolute atomic E-state index is 0.0237. The number of hydrogen-bond acceptors (Lipinski definition) is 13. The molecule has 19 nitrogen and oxygen atoms in total. The van der Waals surface area contributed by atoms with Gasteiger partial charge < -0.3 is 25.0 Å². The van der Waals surface area contributed by atoms with Crippen LogP contribution in [0.4, 0.5) is 20.8 Å². The van der Waals surface area contributed by atoms with Gasteiger partial charge >= 0.3 is 6.03 Å². The molecule has 0 spiro atoms. The van der Waals surface area contributed by atoms with Crippen LogP contribution in [-0.4, -0.2) is 130 Å². The number of rotatable bonds is 11. The van der Waals surface area contributed by atoms with Crippen LogP contribution in [-0.2, 0) is 21.4 Å². The highest BCUT2D eigenvalue weighted by molar-refractivity contribution is 6.09. The van der Waals surface area contributed by atoms with Crippen molar-refractivity contribution in [3.05, 3.63) is 59.5 Å². The van der Waals surface area contributed by atoms with Crippen molar-refractivity contribution in [2.45, 2.75) is 114 Å². The van der Waals surface area contributed by atoms with Crippen molar-refractivity contribution >= 4 is 57.3 Å². The molecule has 4 aliphatic heterocycles. The molecule has 0 unspecified atom stereocenters. The van der Waals surface area contributed by atoms with Crippen LogP contribution in [0.25, 0.3) is 44.6 Å². The molecule has 6 aromatic rings. The van der Waals surface area contributed by atoms with E-state index in [9.17, 15) is 19.2 Å². The Kier molecular flexibility index (Phi) is 12.0. The fourth-order valence-corrected chi connectivity index (χ4v) is 11.3. The van der Waals surface area contributed by atoms with Crippen molar-refractivity contribution in [1.29, 1.82) is 0 Å². The zero-order chi connectivity index (χ0) is 48.4. The molecule has 0 atom stereocenters. The van der Waals surface area contributed by atoms with E-state index in [1.54, 1.807) is 7.05 Å². The van der Waals surface area contributed by atoms with Gasteiger partial charge in [-0.3, -0.25) is 34.3 Å². The third-order valence-electron chi connectivity index (χ3n) is 15.4. The molecule has 0 bridgehead atoms. The maximum atomic E-state index is 16.2. The summed E-state index contributed by atoms with van der Waals surface area (Å²) in [5.74, 6) is 1.48. The second-order valence-electron chi connectivity index (χ2n) is 20.0. The van der Waals surface area contributed by atoms with Gasteiger partial charge in [0, 0.05) is 88.6 Å². The monoisotopic (exact) mass is 954 g/mol. The Labute approximate surface area is 403 Å². The summed E-state index contributed by atoms with van der Waals surface area (Å²) in [7, 11) is 1.68. The first-order valence-corrected chi connectivity index (χ1v) is 24.9. The van der Waals surface area contributed by atoms with E-state index in [2.05, 4.69) is 36.5 Å². The molecule has 5 amide bonds. The average Bonchev–Trinajstić information content (AvgIpc) is 3.85. The van der Waals surface area contributed by atoms with Gasteiger partial charge in [-0.15, -0.1) is 0 Å². The quantitative estimate of drug-likeness (QED) is 0.144. The van der Waals surface area contributed by atoms with Crippen LogP contribution in [0.2, 0.25) is 0 Å². The van der Waals surface area contributed by atoms with E-state index in [4.69, 9.17) is 20.3 Å². The molecule has 11 rings (SSSR count). The highest BCUT2D eigenvalue weighted by Gasteiger charge is 2.37. The number of fused-ring (bicyclic) bond motifs is 2. The van der Waals surface area contributed by atoms with Crippen LogP contribution in [0, 0.1) is 5.82 Å². The van der Waals surface area contributed by atoms with Gasteiger partial charge in [0.2, 0.25) is 17.7 Å². The summed E-state index contributed by atoms with van der Waals surface area (Å²) in [5, 5.41) is 17.4. The minimum atomic E-state index is -0.549. The first-order valence-electron chi connectivity index (χ1n) is 24.9. The molecule has 5 aromatic heterocycles. The van der Waals surface area contributed by atoms with Crippen LogP contribution in [0.15, 0.2) is 41.3 Å². The van der Waals surface area contributed by atoms with Gasteiger partial charge in [-0.2, -0.15) is 10.2 Å². The molecule has 5 fully saturated rings. The van der Waals surface area contributed by atoms with E-state index in [0.717, 1.165) is 87.0 Å². The Balaban J connectivity index is 0.644. The standard InChI is InChI=1S/C50H59FN14O5/c1-28(2)65-49-41(47(52)54-27-55-49)43(57-65)44-40(46(70-59-44)31-4-5-31)36-9-6-32(26-53-36)29-12-21-62(22-13-29)38(67)10-11-39(68)63-23-16-33(17-24-63)61-19-14-30(15-20-61)34-7-8-35-45(42(34)51)60(3)58-48(35)64-25-18-37(66)56-50(64)69/h6-9,26-31,33H,4-5,10-25H2,1-3H3,(H2,52,54,55)(H,56,66,69). The van der Waals surface area contributed by atoms with Gasteiger partial charge in [0.1, 0.15) is 34.8 Å². The summed E-state index contributed by atoms with van der Waals surface area (Å²) < 4.78 is 25.5. The SMILES string of the molecule is CC(C)n1nc(-c2noc(C3CC3)c2-c2ccc(C3CCN(C(=O)CCC(=O)N4CCC(N5CCC(c6ccc7c(N8CCC(=O)NC8=O)nn(C)c7c6F)CC5)CC4)CC3)cn2)c2c(N)ncnc21. The van der Waals surface area contributed by atoms with E-state index >= 15 is 4.39 Å². The second-order valence-corrected chi connectivity index (χ2v) is 20.0. The fraction of sp³-hybridized carbons (Fsp3) is 0.520. The summed E-state index contributed by atoms with van der Waals surface area (Å²) in [4.78, 5) is 72.4. The highest BCUT2D eigenvalue weighted by atomic mass is 19.1. The molecule has 9 heterocycles. The molecule has 3 N–H and O–H groups in total. The number of carbonyl (C=O) groups excluding carboxylic acids is 4. The molecule has 366 valence electrons. The lowest BCUT2D eigenvalue weighted by atomic mass is 9.87. The van der Waals surface area contributed by atoms with Gasteiger partial charge in [0.15, 0.2) is 17.3 Å². The van der Waals surface area contributed by atoms with E-state index < -0.39 is 6.03 Å². The van der Waals surface area contributed by atoms with Crippen molar-refractivity contribution in [3.8, 4) is 22.6 Å². The number of imide groups is 1. The smallest absolute Gasteiger partial charge is 0.329 e. The van der Waals surface area contributed by atoms with Gasteiger partial charge in [-0.1, -0.05) is 17.3 Å². The van der Waals surface area contributed by atoms with E-state index in [1.165, 1.54) is 15.9 Å². The number of nitrogens with two attached hydrogens (primary N) is 1. The Hall–Kier alpha value is -6.83. The number of likely N-dealkylation sites (tertiary alicyclic amines) is 3. The first kappa shape index (κ1) is 45.6. The Morgan fingerprint density at radius 3 is 2.17 bits per heavy atom. The largest absolute Gasteiger partial charge is 0.383 e. The number of pyridine rings is 1. The van der Waals surface area contributed by atoms with Crippen LogP contribution in [0.5, 0.6) is 0 Å². The summed E-state index contributed by atoms with van der Waals surface area (Å²) in [6, 6.07) is 7.66. The number of urea groups is 1. The average molecular weight is 955 g/mol. The number of piperidine rings is 3. The highest BCUT2D eigenvalue weighted by Crippen LogP contribution is 2.48. The molecule has 1 saturated carbocycles. The van der Waals surface area contributed by atoms with E-state index in [-0.39, 0.29) is 73.1 Å². The fourth-order valence-electron chi connectivity index (χ4n) is 11.3. The Bertz CT molecular complexity index is 2990. The number of benzene rings is 1. The lowest BCUT2D eigenvalue weighted by molar-refractivity contribution is -0.138. The molecular formula is C50H59FN14O5. The predicted molar refractivity (Wildman–Crippen MR) is 258 cm³/mol. The lowest BCUT2D eigenvalue weighted by Crippen LogP contribution is -2.49. The van der Waals surface area contributed by atoms with Crippen LogP contribution < -0.4 is 16.0 Å². The van der Waals surface area contributed by atoms with Crippen LogP contribution in [0.3, 0.4) is 0 Å². The number of nitrogen functional groups attached to an aromatic ring is 1. The zero-order valence-corrected chi connectivity index (χ0v) is 39.9. The van der Waals surface area contributed by atoms with Gasteiger partial charge in [0.05, 0.1) is 16.6 Å². The van der Waals surface area contributed by atoms with Crippen molar-refractivity contribution < 1.29 is 28.1 Å². The summed E-state index contributed by atoms with van der Waals surface area (Å²) in [5.41, 5.74) is 11.9. The van der Waals surface area contributed by atoms with Crippen molar-refractivity contribution in [2.24, 2.45) is 7.05 Å². The molecule has 5 aliphatic rings. The van der Waals surface area contributed by atoms with Gasteiger partial charge in [0.25, 0.3) is 0 Å². The van der Waals surface area contributed by atoms with Crippen LogP contribution >= 0.6 is 0 Å². The molecule has 1 aliphatic carbocycles. The second kappa shape index (κ2) is 18.5. The number of carbonyl (C=O) groups is 4. The minimum Gasteiger partial charge on any atom is -0.383 e. The maximum Gasteiger partial charge on any atom is 0.329 e. The molecule has 4 saturated heterocycles. The number of anilines is 2. The normalized spacial score (nSPS) is 19.3. The molecule has 1 aromatic carbocycles. The van der Waals surface area contributed by atoms with Crippen molar-refractivity contribution in [3.63, 3.8) is 0 Å². The molecule has 0 radical (unpaired) electrons. The molecule has 70 heavy (non-hydrogen) atoms. The first-order chi connectivity index (χ1) is 33.9. The van der Waals surface area contributed by atoms with E-state index in [1.807, 2.05) is 52.7 Å². The Morgan fingerprint density at radius 2 is 1.51 bits per heavy atom. The number of nitrogens with one attached hydrogen (secondary N) is 1. The molecular weight excluding hydrogens is 896 g/mol. The number of aromatic nitrogens is 8. The summed E-state index contributed by atoms with van der Waals surface area (Å²) in [6.45, 7) is 8.55. The maximum absolute atomic E-state index is 16.2. The number of halogens is 1. The van der Waals surface area contributed by atoms with Crippen LogP contribution in [0.1, 0.15) is 125 Å². The molecule has 20 heteroatoms. The van der Waals surface area contributed by atoms with Crippen molar-refractivity contribution in [1.82, 2.24) is 59.7 Å². The lowest BCUT2D eigenvalue weighted by Gasteiger charge is -2.42. The third-order valence-corrected chi connectivity index (χ3v) is 15.4. The predicted octanol–water partition coefficient (Wildman–Crippen LogP) is 6.41.